The molecule has 0 fully saturated rings. The summed E-state index contributed by atoms with van der Waals surface area (Å²) in [5.74, 6) is 0.837. The molecular weight excluding hydrogens is 338 g/mol. The van der Waals surface area contributed by atoms with Crippen LogP contribution in [0.4, 0.5) is 5.69 Å². The Morgan fingerprint density at radius 2 is 2.10 bits per heavy atom. The van der Waals surface area contributed by atoms with Crippen LogP contribution in [-0.4, -0.2) is 12.8 Å². The third-order valence-corrected chi connectivity index (χ3v) is 3.88. The van der Waals surface area contributed by atoms with Crippen molar-refractivity contribution in [3.63, 3.8) is 0 Å². The molecule has 2 aromatic rings. The van der Waals surface area contributed by atoms with Gasteiger partial charge in [-0.15, -0.1) is 0 Å². The maximum Gasteiger partial charge on any atom is 0.133 e. The molecule has 0 unspecified atom stereocenters. The standard InChI is InChI=1S/C16H15BrClNO/c1-3-20-16-8-7-12(9-13(16)17)10-19-15-6-4-5-14(18)11(15)2/h4-10H,3H2,1-2H3. The van der Waals surface area contributed by atoms with Crippen molar-refractivity contribution in [2.45, 2.75) is 13.8 Å². The van der Waals surface area contributed by atoms with Gasteiger partial charge in [0.2, 0.25) is 0 Å². The van der Waals surface area contributed by atoms with Gasteiger partial charge < -0.3 is 4.74 Å². The van der Waals surface area contributed by atoms with Gasteiger partial charge in [0.25, 0.3) is 0 Å². The van der Waals surface area contributed by atoms with Crippen molar-refractivity contribution in [2.24, 2.45) is 4.99 Å². The summed E-state index contributed by atoms with van der Waals surface area (Å²) in [6.45, 7) is 4.57. The Labute approximate surface area is 132 Å². The number of nitrogens with zero attached hydrogens (tertiary/aromatic N) is 1. The van der Waals surface area contributed by atoms with Gasteiger partial charge in [0.15, 0.2) is 0 Å². The lowest BCUT2D eigenvalue weighted by atomic mass is 10.2. The largest absolute Gasteiger partial charge is 0.493 e. The van der Waals surface area contributed by atoms with E-state index in [0.717, 1.165) is 32.1 Å². The van der Waals surface area contributed by atoms with E-state index in [1.165, 1.54) is 0 Å². The topological polar surface area (TPSA) is 21.6 Å². The first-order valence-electron chi connectivity index (χ1n) is 6.33. The number of aliphatic imine (C=N–C) groups is 1. The number of halogens is 2. The summed E-state index contributed by atoms with van der Waals surface area (Å²) in [7, 11) is 0. The normalized spacial score (nSPS) is 11.0. The molecule has 0 amide bonds. The second-order valence-corrected chi connectivity index (χ2v) is 5.53. The van der Waals surface area contributed by atoms with Crippen LogP contribution in [0.3, 0.4) is 0 Å². The second kappa shape index (κ2) is 6.91. The van der Waals surface area contributed by atoms with E-state index in [1.54, 1.807) is 0 Å². The first kappa shape index (κ1) is 15.1. The van der Waals surface area contributed by atoms with Crippen molar-refractivity contribution in [3.05, 3.63) is 57.0 Å². The third kappa shape index (κ3) is 3.62. The zero-order valence-electron chi connectivity index (χ0n) is 11.4. The first-order valence-corrected chi connectivity index (χ1v) is 7.50. The van der Waals surface area contributed by atoms with Crippen LogP contribution in [0.25, 0.3) is 0 Å². The molecular formula is C16H15BrClNO. The van der Waals surface area contributed by atoms with Crippen molar-refractivity contribution >= 4 is 39.4 Å². The second-order valence-electron chi connectivity index (χ2n) is 4.27. The SMILES string of the molecule is CCOc1ccc(C=Nc2cccc(Cl)c2C)cc1Br. The van der Waals surface area contributed by atoms with Crippen molar-refractivity contribution in [1.82, 2.24) is 0 Å². The fourth-order valence-electron chi connectivity index (χ4n) is 1.75. The van der Waals surface area contributed by atoms with Gasteiger partial charge in [-0.25, -0.2) is 0 Å². The van der Waals surface area contributed by atoms with Crippen LogP contribution in [0.15, 0.2) is 45.9 Å². The van der Waals surface area contributed by atoms with Crippen LogP contribution in [-0.2, 0) is 0 Å². The molecule has 0 saturated carbocycles. The Balaban J connectivity index is 2.23. The molecule has 0 bridgehead atoms. The number of ether oxygens (including phenoxy) is 1. The first-order chi connectivity index (χ1) is 9.61. The lowest BCUT2D eigenvalue weighted by Crippen LogP contribution is -1.93. The van der Waals surface area contributed by atoms with Crippen LogP contribution in [0.2, 0.25) is 5.02 Å². The molecule has 104 valence electrons. The Hall–Kier alpha value is -1.32. The van der Waals surface area contributed by atoms with E-state index in [1.807, 2.05) is 56.5 Å². The maximum atomic E-state index is 6.08. The molecule has 0 N–H and O–H groups in total. The molecule has 0 aliphatic carbocycles. The summed E-state index contributed by atoms with van der Waals surface area (Å²) in [5, 5.41) is 0.729. The van der Waals surface area contributed by atoms with Crippen molar-refractivity contribution < 1.29 is 4.74 Å². The Bertz CT molecular complexity index is 640. The van der Waals surface area contributed by atoms with E-state index in [-0.39, 0.29) is 0 Å². The molecule has 0 aliphatic rings. The van der Waals surface area contributed by atoms with E-state index in [0.29, 0.717) is 6.61 Å². The van der Waals surface area contributed by atoms with Crippen molar-refractivity contribution in [3.8, 4) is 5.75 Å². The minimum absolute atomic E-state index is 0.647. The minimum Gasteiger partial charge on any atom is -0.493 e. The molecule has 0 atom stereocenters. The molecule has 2 aromatic carbocycles. The Morgan fingerprint density at radius 1 is 1.30 bits per heavy atom. The summed E-state index contributed by atoms with van der Waals surface area (Å²) < 4.78 is 6.40. The lowest BCUT2D eigenvalue weighted by molar-refractivity contribution is 0.338. The highest BCUT2D eigenvalue weighted by molar-refractivity contribution is 9.10. The van der Waals surface area contributed by atoms with Gasteiger partial charge in [-0.2, -0.15) is 0 Å². The Kier molecular flexibility index (Phi) is 5.21. The zero-order chi connectivity index (χ0) is 14.5. The fourth-order valence-corrected chi connectivity index (χ4v) is 2.43. The monoisotopic (exact) mass is 351 g/mol. The summed E-state index contributed by atoms with van der Waals surface area (Å²) >= 11 is 9.57. The van der Waals surface area contributed by atoms with Crippen LogP contribution >= 0.6 is 27.5 Å². The highest BCUT2D eigenvalue weighted by Gasteiger charge is 2.02. The van der Waals surface area contributed by atoms with Crippen LogP contribution < -0.4 is 4.74 Å². The van der Waals surface area contributed by atoms with E-state index in [4.69, 9.17) is 16.3 Å². The van der Waals surface area contributed by atoms with Crippen LogP contribution in [0.1, 0.15) is 18.1 Å². The molecule has 0 heterocycles. The molecule has 20 heavy (non-hydrogen) atoms. The fraction of sp³-hybridized carbons (Fsp3) is 0.188. The predicted octanol–water partition coefficient (Wildman–Crippen LogP) is 5.56. The quantitative estimate of drug-likeness (QED) is 0.660. The van der Waals surface area contributed by atoms with Gasteiger partial charge >= 0.3 is 0 Å². The van der Waals surface area contributed by atoms with Crippen LogP contribution in [0, 0.1) is 6.92 Å². The minimum atomic E-state index is 0.647. The van der Waals surface area contributed by atoms with Gasteiger partial charge in [0, 0.05) is 11.2 Å². The number of rotatable bonds is 4. The molecule has 0 spiro atoms. The average Bonchev–Trinajstić information content (AvgIpc) is 2.43. The van der Waals surface area contributed by atoms with Crippen LogP contribution in [0.5, 0.6) is 5.75 Å². The van der Waals surface area contributed by atoms with Gasteiger partial charge in [0.1, 0.15) is 5.75 Å². The van der Waals surface area contributed by atoms with E-state index >= 15 is 0 Å². The smallest absolute Gasteiger partial charge is 0.133 e. The van der Waals surface area contributed by atoms with Gasteiger partial charge in [-0.05, 0) is 71.2 Å². The van der Waals surface area contributed by atoms with Gasteiger partial charge in [-0.1, -0.05) is 17.7 Å². The maximum absolute atomic E-state index is 6.08. The summed E-state index contributed by atoms with van der Waals surface area (Å²) in [5.41, 5.74) is 2.86. The van der Waals surface area contributed by atoms with Gasteiger partial charge in [0.05, 0.1) is 16.8 Å². The summed E-state index contributed by atoms with van der Waals surface area (Å²) in [6, 6.07) is 11.6. The number of hydrogen-bond donors (Lipinski definition) is 0. The Morgan fingerprint density at radius 3 is 2.80 bits per heavy atom. The van der Waals surface area contributed by atoms with Crippen molar-refractivity contribution in [2.75, 3.05) is 6.61 Å². The average molecular weight is 353 g/mol. The molecule has 2 rings (SSSR count). The predicted molar refractivity (Wildman–Crippen MR) is 88.8 cm³/mol. The van der Waals surface area contributed by atoms with E-state index in [2.05, 4.69) is 20.9 Å². The van der Waals surface area contributed by atoms with Gasteiger partial charge in [-0.3, -0.25) is 4.99 Å². The molecule has 2 nitrogen and oxygen atoms in total. The number of benzene rings is 2. The molecule has 0 aliphatic heterocycles. The van der Waals surface area contributed by atoms with Crippen molar-refractivity contribution in [1.29, 1.82) is 0 Å². The summed E-state index contributed by atoms with van der Waals surface area (Å²) in [4.78, 5) is 4.48. The van der Waals surface area contributed by atoms with E-state index in [9.17, 15) is 0 Å². The number of hydrogen-bond acceptors (Lipinski definition) is 2. The molecule has 0 aromatic heterocycles. The third-order valence-electron chi connectivity index (χ3n) is 2.85. The molecule has 0 radical (unpaired) electrons. The van der Waals surface area contributed by atoms with E-state index < -0.39 is 0 Å². The zero-order valence-corrected chi connectivity index (χ0v) is 13.7. The molecule has 0 saturated heterocycles. The molecule has 4 heteroatoms. The highest BCUT2D eigenvalue weighted by Crippen LogP contribution is 2.27. The highest BCUT2D eigenvalue weighted by atomic mass is 79.9. The lowest BCUT2D eigenvalue weighted by Gasteiger charge is -2.06. The summed E-state index contributed by atoms with van der Waals surface area (Å²) in [6.07, 6.45) is 1.82.